The van der Waals surface area contributed by atoms with E-state index in [1.54, 1.807) is 18.2 Å². The Morgan fingerprint density at radius 3 is 2.46 bits per heavy atom. The number of rotatable bonds is 3. The van der Waals surface area contributed by atoms with E-state index in [0.717, 1.165) is 4.68 Å². The van der Waals surface area contributed by atoms with Crippen LogP contribution in [0.3, 0.4) is 0 Å². The van der Waals surface area contributed by atoms with Gasteiger partial charge < -0.3 is 9.73 Å². The smallest absolute Gasteiger partial charge is 0.435 e. The number of alkyl halides is 3. The fourth-order valence-electron chi connectivity index (χ4n) is 2.32. The van der Waals surface area contributed by atoms with E-state index < -0.39 is 17.8 Å². The first-order chi connectivity index (χ1) is 11.4. The van der Waals surface area contributed by atoms with Crippen molar-refractivity contribution in [1.82, 2.24) is 9.78 Å². The molecule has 0 aliphatic heterocycles. The number of amides is 1. The van der Waals surface area contributed by atoms with Gasteiger partial charge in [-0.15, -0.1) is 0 Å². The van der Waals surface area contributed by atoms with Crippen LogP contribution in [0.4, 0.5) is 19.0 Å². The second-order valence-electron chi connectivity index (χ2n) is 4.99. The summed E-state index contributed by atoms with van der Waals surface area (Å²) < 4.78 is 45.9. The molecule has 0 radical (unpaired) electrons. The molecule has 0 spiro atoms. The highest BCUT2D eigenvalue weighted by molar-refractivity contribution is 6.04. The molecular weight excluding hydrogens is 323 g/mol. The molecule has 3 rings (SSSR count). The van der Waals surface area contributed by atoms with Gasteiger partial charge in [-0.25, -0.2) is 0 Å². The number of hydrogen-bond donors (Lipinski definition) is 1. The molecule has 0 aliphatic carbocycles. The first-order valence-corrected chi connectivity index (χ1v) is 6.92. The highest BCUT2D eigenvalue weighted by atomic mass is 19.4. The number of benzene rings is 1. The van der Waals surface area contributed by atoms with Crippen LogP contribution in [0.2, 0.25) is 0 Å². The summed E-state index contributed by atoms with van der Waals surface area (Å²) in [4.78, 5) is 12.1. The molecule has 2 heterocycles. The van der Waals surface area contributed by atoms with Gasteiger partial charge in [0.25, 0.3) is 5.91 Å². The molecule has 5 nitrogen and oxygen atoms in total. The van der Waals surface area contributed by atoms with E-state index in [4.69, 9.17) is 4.42 Å². The zero-order valence-corrected chi connectivity index (χ0v) is 12.5. The largest absolute Gasteiger partial charge is 0.459 e. The monoisotopic (exact) mass is 335 g/mol. The molecule has 0 atom stereocenters. The van der Waals surface area contributed by atoms with Gasteiger partial charge in [0.15, 0.2) is 11.5 Å². The van der Waals surface area contributed by atoms with E-state index in [-0.39, 0.29) is 17.1 Å². The van der Waals surface area contributed by atoms with Crippen molar-refractivity contribution in [3.8, 4) is 11.1 Å². The molecule has 24 heavy (non-hydrogen) atoms. The molecule has 2 aromatic heterocycles. The Morgan fingerprint density at radius 1 is 1.17 bits per heavy atom. The SMILES string of the molecule is Cn1nc(C(F)(F)F)c(-c2ccccc2)c1NC(=O)c1ccco1. The van der Waals surface area contributed by atoms with E-state index in [2.05, 4.69) is 10.4 Å². The second kappa shape index (κ2) is 5.88. The molecule has 0 aliphatic rings. The van der Waals surface area contributed by atoms with Crippen LogP contribution in [0.25, 0.3) is 11.1 Å². The Kier molecular flexibility index (Phi) is 3.88. The molecule has 3 aromatic rings. The van der Waals surface area contributed by atoms with Gasteiger partial charge in [-0.3, -0.25) is 9.48 Å². The average Bonchev–Trinajstić information content (AvgIpc) is 3.17. The maximum absolute atomic E-state index is 13.3. The lowest BCUT2D eigenvalue weighted by atomic mass is 10.0. The van der Waals surface area contributed by atoms with Crippen molar-refractivity contribution in [2.75, 3.05) is 5.32 Å². The number of hydrogen-bond acceptors (Lipinski definition) is 3. The molecule has 0 unspecified atom stereocenters. The number of furan rings is 1. The fraction of sp³-hybridized carbons (Fsp3) is 0.125. The summed E-state index contributed by atoms with van der Waals surface area (Å²) in [7, 11) is 1.33. The third kappa shape index (κ3) is 2.90. The lowest BCUT2D eigenvalue weighted by molar-refractivity contribution is -0.140. The first kappa shape index (κ1) is 15.9. The minimum absolute atomic E-state index is 0.0104. The first-order valence-electron chi connectivity index (χ1n) is 6.92. The Balaban J connectivity index is 2.12. The molecule has 8 heteroatoms. The number of aromatic nitrogens is 2. The van der Waals surface area contributed by atoms with Crippen LogP contribution in [-0.4, -0.2) is 15.7 Å². The lowest BCUT2D eigenvalue weighted by Gasteiger charge is -2.09. The van der Waals surface area contributed by atoms with Crippen molar-refractivity contribution >= 4 is 11.7 Å². The standard InChI is InChI=1S/C16H12F3N3O2/c1-22-14(20-15(23)11-8-5-9-24-11)12(10-6-3-2-4-7-10)13(21-22)16(17,18)19/h2-9H,1H3,(H,20,23). The van der Waals surface area contributed by atoms with Crippen LogP contribution in [0.1, 0.15) is 16.2 Å². The quantitative estimate of drug-likeness (QED) is 0.788. The molecule has 124 valence electrons. The van der Waals surface area contributed by atoms with E-state index >= 15 is 0 Å². The van der Waals surface area contributed by atoms with Crippen LogP contribution in [0.15, 0.2) is 53.1 Å². The minimum atomic E-state index is -4.66. The topological polar surface area (TPSA) is 60.1 Å². The number of halogens is 3. The maximum atomic E-state index is 13.3. The van der Waals surface area contributed by atoms with Crippen LogP contribution < -0.4 is 5.32 Å². The van der Waals surface area contributed by atoms with Gasteiger partial charge >= 0.3 is 6.18 Å². The van der Waals surface area contributed by atoms with Gasteiger partial charge in [0.2, 0.25) is 0 Å². The predicted octanol–water partition coefficient (Wildman–Crippen LogP) is 3.95. The molecule has 1 amide bonds. The Labute approximate surface area is 134 Å². The Morgan fingerprint density at radius 2 is 1.88 bits per heavy atom. The summed E-state index contributed by atoms with van der Waals surface area (Å²) in [5, 5.41) is 5.98. The number of nitrogens with zero attached hydrogens (tertiary/aromatic N) is 2. The van der Waals surface area contributed by atoms with Crippen molar-refractivity contribution in [2.45, 2.75) is 6.18 Å². The van der Waals surface area contributed by atoms with Gasteiger partial charge in [0, 0.05) is 7.05 Å². The van der Waals surface area contributed by atoms with Gasteiger partial charge in [-0.2, -0.15) is 18.3 Å². The highest BCUT2D eigenvalue weighted by Crippen LogP contribution is 2.40. The van der Waals surface area contributed by atoms with Crippen molar-refractivity contribution in [3.63, 3.8) is 0 Å². The Bertz CT molecular complexity index is 853. The van der Waals surface area contributed by atoms with Crippen LogP contribution in [-0.2, 0) is 13.2 Å². The van der Waals surface area contributed by atoms with Crippen molar-refractivity contribution < 1.29 is 22.4 Å². The number of carbonyl (C=O) groups is 1. The summed E-state index contributed by atoms with van der Waals surface area (Å²) in [6.07, 6.45) is -3.35. The van der Waals surface area contributed by atoms with Gasteiger partial charge in [-0.1, -0.05) is 30.3 Å². The molecule has 0 saturated heterocycles. The average molecular weight is 335 g/mol. The Hall–Kier alpha value is -3.03. The molecule has 1 N–H and O–H groups in total. The zero-order valence-electron chi connectivity index (χ0n) is 12.5. The van der Waals surface area contributed by atoms with Crippen molar-refractivity contribution in [1.29, 1.82) is 0 Å². The highest BCUT2D eigenvalue weighted by Gasteiger charge is 2.39. The van der Waals surface area contributed by atoms with Gasteiger partial charge in [-0.05, 0) is 17.7 Å². The van der Waals surface area contributed by atoms with Crippen molar-refractivity contribution in [2.24, 2.45) is 7.05 Å². The van der Waals surface area contributed by atoms with Crippen LogP contribution in [0.5, 0.6) is 0 Å². The number of anilines is 1. The second-order valence-corrected chi connectivity index (χ2v) is 4.99. The van der Waals surface area contributed by atoms with Crippen LogP contribution in [0, 0.1) is 0 Å². The minimum Gasteiger partial charge on any atom is -0.459 e. The third-order valence-corrected chi connectivity index (χ3v) is 3.36. The molecule has 1 aromatic carbocycles. The predicted molar refractivity (Wildman–Crippen MR) is 80.3 cm³/mol. The normalized spacial score (nSPS) is 11.5. The van der Waals surface area contributed by atoms with Crippen LogP contribution >= 0.6 is 0 Å². The summed E-state index contributed by atoms with van der Waals surface area (Å²) in [5.41, 5.74) is -0.955. The lowest BCUT2D eigenvalue weighted by Crippen LogP contribution is -2.14. The van der Waals surface area contributed by atoms with Gasteiger partial charge in [0.05, 0.1) is 11.8 Å². The van der Waals surface area contributed by atoms with Gasteiger partial charge in [0.1, 0.15) is 5.82 Å². The molecule has 0 fully saturated rings. The summed E-state index contributed by atoms with van der Waals surface area (Å²) in [6.45, 7) is 0. The molecular formula is C16H12F3N3O2. The summed E-state index contributed by atoms with van der Waals surface area (Å²) >= 11 is 0. The van der Waals surface area contributed by atoms with E-state index in [9.17, 15) is 18.0 Å². The van der Waals surface area contributed by atoms with E-state index in [1.807, 2.05) is 0 Å². The van der Waals surface area contributed by atoms with E-state index in [1.165, 1.54) is 37.6 Å². The number of nitrogens with one attached hydrogen (secondary N) is 1. The third-order valence-electron chi connectivity index (χ3n) is 3.36. The zero-order chi connectivity index (χ0) is 17.3. The summed E-state index contributed by atoms with van der Waals surface area (Å²) in [5.74, 6) is -0.729. The molecule has 0 saturated carbocycles. The van der Waals surface area contributed by atoms with Crippen molar-refractivity contribution in [3.05, 3.63) is 60.2 Å². The molecule has 0 bridgehead atoms. The fourth-order valence-corrected chi connectivity index (χ4v) is 2.32. The number of carbonyl (C=O) groups excluding carboxylic acids is 1. The van der Waals surface area contributed by atoms with E-state index in [0.29, 0.717) is 5.56 Å². The maximum Gasteiger partial charge on any atom is 0.435 e. The number of aryl methyl sites for hydroxylation is 1. The summed E-state index contributed by atoms with van der Waals surface area (Å²) in [6, 6.07) is 10.9.